The van der Waals surface area contributed by atoms with Gasteiger partial charge in [0.05, 0.1) is 17.3 Å². The SMILES string of the molecule is Cc1cncc(Nc2nc(NCC(F)(F)F)c3cc[nH]c3n2)c1. The van der Waals surface area contributed by atoms with Crippen LogP contribution in [0.1, 0.15) is 5.56 Å². The molecule has 0 aliphatic rings. The number of rotatable bonds is 4. The molecule has 9 heteroatoms. The van der Waals surface area contributed by atoms with Crippen molar-refractivity contribution in [2.75, 3.05) is 17.2 Å². The van der Waals surface area contributed by atoms with E-state index in [4.69, 9.17) is 0 Å². The number of aromatic amines is 1. The standard InChI is InChI=1S/C14H13F3N6/c1-8-4-9(6-18-5-8)21-13-22-11-10(2-3-19-11)12(23-13)20-7-14(15,16)17/h2-6H,7H2,1H3,(H3,19,20,21,22,23). The van der Waals surface area contributed by atoms with Crippen molar-refractivity contribution >= 4 is 28.5 Å². The van der Waals surface area contributed by atoms with Crippen LogP contribution in [0, 0.1) is 6.92 Å². The molecule has 0 aromatic carbocycles. The van der Waals surface area contributed by atoms with E-state index in [1.165, 1.54) is 0 Å². The van der Waals surface area contributed by atoms with Crippen molar-refractivity contribution < 1.29 is 13.2 Å². The van der Waals surface area contributed by atoms with Gasteiger partial charge < -0.3 is 15.6 Å². The second-order valence-corrected chi connectivity index (χ2v) is 4.98. The molecule has 0 saturated heterocycles. The lowest BCUT2D eigenvalue weighted by Gasteiger charge is -2.11. The summed E-state index contributed by atoms with van der Waals surface area (Å²) in [6.07, 6.45) is 0.534. The Kier molecular flexibility index (Phi) is 3.77. The molecule has 3 N–H and O–H groups in total. The Hall–Kier alpha value is -2.84. The Labute approximate surface area is 129 Å². The molecule has 120 valence electrons. The quantitative estimate of drug-likeness (QED) is 0.686. The van der Waals surface area contributed by atoms with Crippen LogP contribution in [0.5, 0.6) is 0 Å². The second-order valence-electron chi connectivity index (χ2n) is 4.98. The lowest BCUT2D eigenvalue weighted by molar-refractivity contribution is -0.115. The third kappa shape index (κ3) is 3.68. The number of aryl methyl sites for hydroxylation is 1. The number of alkyl halides is 3. The molecule has 3 rings (SSSR count). The second kappa shape index (κ2) is 5.75. The summed E-state index contributed by atoms with van der Waals surface area (Å²) in [6.45, 7) is 0.708. The molecule has 3 heterocycles. The van der Waals surface area contributed by atoms with Crippen LogP contribution in [0.25, 0.3) is 11.0 Å². The van der Waals surface area contributed by atoms with Crippen LogP contribution in [-0.2, 0) is 0 Å². The van der Waals surface area contributed by atoms with Crippen molar-refractivity contribution in [2.24, 2.45) is 0 Å². The van der Waals surface area contributed by atoms with Crippen LogP contribution < -0.4 is 10.6 Å². The minimum Gasteiger partial charge on any atom is -0.360 e. The molecular formula is C14H13F3N6. The fraction of sp³-hybridized carbons (Fsp3) is 0.214. The van der Waals surface area contributed by atoms with Crippen molar-refractivity contribution in [1.29, 1.82) is 0 Å². The molecule has 0 spiro atoms. The molecule has 0 bridgehead atoms. The molecule has 0 aliphatic carbocycles. The van der Waals surface area contributed by atoms with Gasteiger partial charge in [-0.15, -0.1) is 0 Å². The summed E-state index contributed by atoms with van der Waals surface area (Å²) in [5.41, 5.74) is 2.02. The number of H-pyrrole nitrogens is 1. The van der Waals surface area contributed by atoms with Gasteiger partial charge in [-0.05, 0) is 24.6 Å². The van der Waals surface area contributed by atoms with E-state index in [1.54, 1.807) is 24.7 Å². The van der Waals surface area contributed by atoms with Crippen molar-refractivity contribution in [3.05, 3.63) is 36.3 Å². The van der Waals surface area contributed by atoms with Crippen LogP contribution in [0.15, 0.2) is 30.7 Å². The van der Waals surface area contributed by atoms with Crippen LogP contribution in [0.3, 0.4) is 0 Å². The topological polar surface area (TPSA) is 78.5 Å². The predicted octanol–water partition coefficient (Wildman–Crippen LogP) is 3.38. The molecule has 23 heavy (non-hydrogen) atoms. The van der Waals surface area contributed by atoms with Gasteiger partial charge in [0, 0.05) is 12.4 Å². The number of anilines is 3. The number of hydrogen-bond donors (Lipinski definition) is 3. The molecular weight excluding hydrogens is 309 g/mol. The zero-order valence-electron chi connectivity index (χ0n) is 12.1. The highest BCUT2D eigenvalue weighted by atomic mass is 19.4. The van der Waals surface area contributed by atoms with Crippen LogP contribution in [-0.4, -0.2) is 32.7 Å². The Morgan fingerprint density at radius 1 is 1.22 bits per heavy atom. The third-order valence-electron chi connectivity index (χ3n) is 3.00. The van der Waals surface area contributed by atoms with E-state index in [9.17, 15) is 13.2 Å². The number of nitrogens with one attached hydrogen (secondary N) is 3. The van der Waals surface area contributed by atoms with Gasteiger partial charge in [0.2, 0.25) is 5.95 Å². The largest absolute Gasteiger partial charge is 0.405 e. The Morgan fingerprint density at radius 2 is 2.04 bits per heavy atom. The summed E-state index contributed by atoms with van der Waals surface area (Å²) in [7, 11) is 0. The van der Waals surface area contributed by atoms with Gasteiger partial charge in [-0.25, -0.2) is 0 Å². The maximum atomic E-state index is 12.4. The minimum atomic E-state index is -4.33. The van der Waals surface area contributed by atoms with Crippen LogP contribution in [0.2, 0.25) is 0 Å². The summed E-state index contributed by atoms with van der Waals surface area (Å²) in [6, 6.07) is 3.45. The number of hydrogen-bond acceptors (Lipinski definition) is 5. The van der Waals surface area contributed by atoms with Crippen LogP contribution in [0.4, 0.5) is 30.6 Å². The molecule has 0 unspecified atom stereocenters. The number of fused-ring (bicyclic) bond motifs is 1. The smallest absolute Gasteiger partial charge is 0.360 e. The lowest BCUT2D eigenvalue weighted by Crippen LogP contribution is -2.22. The maximum Gasteiger partial charge on any atom is 0.405 e. The number of pyridine rings is 1. The first kappa shape index (κ1) is 15.1. The fourth-order valence-electron chi connectivity index (χ4n) is 2.07. The Bertz CT molecular complexity index is 827. The summed E-state index contributed by atoms with van der Waals surface area (Å²) >= 11 is 0. The zero-order chi connectivity index (χ0) is 16.4. The summed E-state index contributed by atoms with van der Waals surface area (Å²) in [5.74, 6) is 0.286. The van der Waals surface area contributed by atoms with Crippen molar-refractivity contribution in [3.63, 3.8) is 0 Å². The molecule has 3 aromatic rings. The van der Waals surface area contributed by atoms with E-state index in [1.807, 2.05) is 13.0 Å². The van der Waals surface area contributed by atoms with Gasteiger partial charge in [0.1, 0.15) is 18.0 Å². The Balaban J connectivity index is 1.92. The monoisotopic (exact) mass is 322 g/mol. The first-order valence-electron chi connectivity index (χ1n) is 6.75. The van der Waals surface area contributed by atoms with E-state index in [0.717, 1.165) is 5.56 Å². The maximum absolute atomic E-state index is 12.4. The minimum absolute atomic E-state index is 0.108. The first-order valence-corrected chi connectivity index (χ1v) is 6.75. The molecule has 6 nitrogen and oxygen atoms in total. The van der Waals surface area contributed by atoms with Gasteiger partial charge in [-0.1, -0.05) is 0 Å². The molecule has 0 radical (unpaired) electrons. The van der Waals surface area contributed by atoms with Gasteiger partial charge in [-0.2, -0.15) is 23.1 Å². The average molecular weight is 322 g/mol. The van der Waals surface area contributed by atoms with E-state index in [-0.39, 0.29) is 11.8 Å². The highest BCUT2D eigenvalue weighted by Crippen LogP contribution is 2.24. The van der Waals surface area contributed by atoms with Crippen molar-refractivity contribution in [1.82, 2.24) is 19.9 Å². The van der Waals surface area contributed by atoms with Crippen molar-refractivity contribution in [2.45, 2.75) is 13.1 Å². The van der Waals surface area contributed by atoms with E-state index >= 15 is 0 Å². The molecule has 0 amide bonds. The number of aromatic nitrogens is 4. The third-order valence-corrected chi connectivity index (χ3v) is 3.00. The van der Waals surface area contributed by atoms with E-state index in [2.05, 4.69) is 30.6 Å². The molecule has 0 saturated carbocycles. The summed E-state index contributed by atoms with van der Waals surface area (Å²) < 4.78 is 37.3. The molecule has 0 fully saturated rings. The Morgan fingerprint density at radius 3 is 2.78 bits per heavy atom. The predicted molar refractivity (Wildman–Crippen MR) is 80.7 cm³/mol. The molecule has 0 aliphatic heterocycles. The highest BCUT2D eigenvalue weighted by Gasteiger charge is 2.27. The lowest BCUT2D eigenvalue weighted by atomic mass is 10.3. The highest BCUT2D eigenvalue weighted by molar-refractivity contribution is 5.88. The number of nitrogens with zero attached hydrogens (tertiary/aromatic N) is 3. The van der Waals surface area contributed by atoms with Gasteiger partial charge in [0.25, 0.3) is 0 Å². The molecule has 0 atom stereocenters. The average Bonchev–Trinajstić information content (AvgIpc) is 2.92. The number of halogens is 3. The summed E-state index contributed by atoms with van der Waals surface area (Å²) in [4.78, 5) is 15.3. The first-order chi connectivity index (χ1) is 10.9. The van der Waals surface area contributed by atoms with E-state index < -0.39 is 12.7 Å². The van der Waals surface area contributed by atoms with Crippen LogP contribution >= 0.6 is 0 Å². The molecule has 3 aromatic heterocycles. The van der Waals surface area contributed by atoms with Gasteiger partial charge in [-0.3, -0.25) is 4.98 Å². The summed E-state index contributed by atoms with van der Waals surface area (Å²) in [5, 5.41) is 5.73. The fourth-order valence-corrected chi connectivity index (χ4v) is 2.07. The zero-order valence-corrected chi connectivity index (χ0v) is 12.1. The van der Waals surface area contributed by atoms with Crippen molar-refractivity contribution in [3.8, 4) is 0 Å². The van der Waals surface area contributed by atoms with Gasteiger partial charge in [0.15, 0.2) is 0 Å². The van der Waals surface area contributed by atoms with Gasteiger partial charge >= 0.3 is 6.18 Å². The van der Waals surface area contributed by atoms with E-state index in [0.29, 0.717) is 16.7 Å². The normalized spacial score (nSPS) is 11.7.